The highest BCUT2D eigenvalue weighted by atomic mass is 79.9. The van der Waals surface area contributed by atoms with Gasteiger partial charge in [0.25, 0.3) is 15.9 Å². The van der Waals surface area contributed by atoms with Crippen LogP contribution >= 0.6 is 15.9 Å². The number of hydrogen-bond donors (Lipinski definition) is 1. The van der Waals surface area contributed by atoms with Crippen molar-refractivity contribution in [2.24, 2.45) is 0 Å². The molecule has 0 bridgehead atoms. The van der Waals surface area contributed by atoms with E-state index < -0.39 is 15.9 Å². The first-order chi connectivity index (χ1) is 11.3. The Kier molecular flexibility index (Phi) is 5.80. The molecule has 0 heterocycles. The predicted molar refractivity (Wildman–Crippen MR) is 97.3 cm³/mol. The molecule has 1 N–H and O–H groups in total. The molecule has 0 aliphatic rings. The number of aryl methyl sites for hydroxylation is 1. The van der Waals surface area contributed by atoms with E-state index in [1.165, 1.54) is 13.2 Å². The molecule has 0 aromatic heterocycles. The van der Waals surface area contributed by atoms with Gasteiger partial charge < -0.3 is 4.74 Å². The molecule has 2 rings (SSSR count). The lowest BCUT2D eigenvalue weighted by Crippen LogP contribution is -2.29. The molecule has 0 saturated heterocycles. The van der Waals surface area contributed by atoms with Crippen molar-refractivity contribution in [3.63, 3.8) is 0 Å². The number of hydrogen-bond acceptors (Lipinski definition) is 4. The number of methoxy groups -OCH3 is 1. The summed E-state index contributed by atoms with van der Waals surface area (Å²) in [4.78, 5) is 12.1. The normalized spacial score (nSPS) is 11.5. The van der Waals surface area contributed by atoms with E-state index in [-0.39, 0.29) is 0 Å². The highest BCUT2D eigenvalue weighted by molar-refractivity contribution is 9.10. The third-order valence-corrected chi connectivity index (χ3v) is 4.66. The van der Waals surface area contributed by atoms with Crippen LogP contribution in [-0.2, 0) is 10.0 Å². The van der Waals surface area contributed by atoms with Gasteiger partial charge in [-0.3, -0.25) is 4.79 Å². The van der Waals surface area contributed by atoms with E-state index in [0.717, 1.165) is 9.88 Å². The standard InChI is InChI=1S/C17H16BrNO4S/c1-12-10-14(18)6-7-16(12)17(20)19-24(21,22)9-8-13-4-3-5-15(11-13)23-2/h3-11H,1-2H3,(H,19,20)/b9-8+. The van der Waals surface area contributed by atoms with Crippen LogP contribution in [-0.4, -0.2) is 21.4 Å². The molecular formula is C17H16BrNO4S. The summed E-state index contributed by atoms with van der Waals surface area (Å²) < 4.78 is 32.0. The Bertz CT molecular complexity index is 891. The molecule has 0 radical (unpaired) electrons. The third-order valence-electron chi connectivity index (χ3n) is 3.20. The van der Waals surface area contributed by atoms with Gasteiger partial charge in [0, 0.05) is 10.0 Å². The lowest BCUT2D eigenvalue weighted by Gasteiger charge is -2.07. The van der Waals surface area contributed by atoms with Gasteiger partial charge in [0.15, 0.2) is 0 Å². The Morgan fingerprint density at radius 1 is 1.21 bits per heavy atom. The van der Waals surface area contributed by atoms with Crippen LogP contribution in [0.15, 0.2) is 52.3 Å². The fourth-order valence-corrected chi connectivity index (χ4v) is 3.26. The average Bonchev–Trinajstić information content (AvgIpc) is 2.52. The summed E-state index contributed by atoms with van der Waals surface area (Å²) >= 11 is 3.30. The molecule has 2 aromatic carbocycles. The first-order valence-electron chi connectivity index (χ1n) is 6.96. The topological polar surface area (TPSA) is 72.5 Å². The lowest BCUT2D eigenvalue weighted by atomic mass is 10.1. The molecule has 0 aliphatic heterocycles. The number of amides is 1. The number of carbonyl (C=O) groups excluding carboxylic acids is 1. The molecule has 7 heteroatoms. The fourth-order valence-electron chi connectivity index (χ4n) is 2.01. The average molecular weight is 410 g/mol. The summed E-state index contributed by atoms with van der Waals surface area (Å²) in [6.45, 7) is 1.73. The quantitative estimate of drug-likeness (QED) is 0.819. The zero-order valence-electron chi connectivity index (χ0n) is 13.1. The lowest BCUT2D eigenvalue weighted by molar-refractivity contribution is 0.0981. The van der Waals surface area contributed by atoms with Gasteiger partial charge in [-0.1, -0.05) is 28.1 Å². The smallest absolute Gasteiger partial charge is 0.265 e. The van der Waals surface area contributed by atoms with Crippen molar-refractivity contribution in [3.8, 4) is 5.75 Å². The minimum absolute atomic E-state index is 0.302. The van der Waals surface area contributed by atoms with E-state index in [2.05, 4.69) is 15.9 Å². The molecule has 0 fully saturated rings. The van der Waals surface area contributed by atoms with E-state index in [4.69, 9.17) is 4.74 Å². The zero-order valence-corrected chi connectivity index (χ0v) is 15.5. The van der Waals surface area contributed by atoms with Gasteiger partial charge in [0.05, 0.1) is 12.5 Å². The van der Waals surface area contributed by atoms with Crippen LogP contribution < -0.4 is 9.46 Å². The van der Waals surface area contributed by atoms with Gasteiger partial charge >= 0.3 is 0 Å². The minimum Gasteiger partial charge on any atom is -0.497 e. The Labute approximate surface area is 149 Å². The molecule has 0 aliphatic carbocycles. The van der Waals surface area contributed by atoms with Crippen LogP contribution in [0.3, 0.4) is 0 Å². The van der Waals surface area contributed by atoms with Gasteiger partial charge in [-0.05, 0) is 54.5 Å². The highest BCUT2D eigenvalue weighted by Crippen LogP contribution is 2.17. The Balaban J connectivity index is 2.15. The summed E-state index contributed by atoms with van der Waals surface area (Å²) in [5.41, 5.74) is 1.62. The first kappa shape index (κ1) is 18.2. The maximum absolute atomic E-state index is 12.1. The van der Waals surface area contributed by atoms with E-state index in [1.807, 2.05) is 4.72 Å². The number of sulfonamides is 1. The summed E-state index contributed by atoms with van der Waals surface area (Å²) in [5, 5.41) is 0.952. The SMILES string of the molecule is COc1cccc(/C=C/S(=O)(=O)NC(=O)c2ccc(Br)cc2C)c1. The molecule has 1 amide bonds. The second kappa shape index (κ2) is 7.63. The maximum Gasteiger partial charge on any atom is 0.265 e. The van der Waals surface area contributed by atoms with Crippen molar-refractivity contribution in [2.45, 2.75) is 6.92 Å². The summed E-state index contributed by atoms with van der Waals surface area (Å²) in [6, 6.07) is 11.9. The van der Waals surface area contributed by atoms with Crippen molar-refractivity contribution in [1.29, 1.82) is 0 Å². The maximum atomic E-state index is 12.1. The number of halogens is 1. The summed E-state index contributed by atoms with van der Waals surface area (Å²) in [6.07, 6.45) is 1.40. The Morgan fingerprint density at radius 2 is 1.96 bits per heavy atom. The second-order valence-electron chi connectivity index (χ2n) is 5.01. The van der Waals surface area contributed by atoms with Crippen molar-refractivity contribution in [3.05, 3.63) is 69.0 Å². The zero-order chi connectivity index (χ0) is 17.7. The molecular weight excluding hydrogens is 394 g/mol. The van der Waals surface area contributed by atoms with Crippen LogP contribution in [0.4, 0.5) is 0 Å². The molecule has 0 saturated carbocycles. The first-order valence-corrected chi connectivity index (χ1v) is 9.30. The van der Waals surface area contributed by atoms with Crippen LogP contribution in [0.5, 0.6) is 5.75 Å². The highest BCUT2D eigenvalue weighted by Gasteiger charge is 2.15. The van der Waals surface area contributed by atoms with Crippen molar-refractivity contribution >= 4 is 37.9 Å². The van der Waals surface area contributed by atoms with E-state index in [9.17, 15) is 13.2 Å². The number of benzene rings is 2. The van der Waals surface area contributed by atoms with E-state index in [1.54, 1.807) is 49.4 Å². The minimum atomic E-state index is -3.91. The third kappa shape index (κ3) is 4.94. The van der Waals surface area contributed by atoms with Gasteiger partial charge in [-0.25, -0.2) is 13.1 Å². The summed E-state index contributed by atoms with van der Waals surface area (Å²) in [7, 11) is -2.38. The number of nitrogens with one attached hydrogen (secondary N) is 1. The fraction of sp³-hybridized carbons (Fsp3) is 0.118. The molecule has 0 unspecified atom stereocenters. The molecule has 5 nitrogen and oxygen atoms in total. The summed E-state index contributed by atoms with van der Waals surface area (Å²) in [5.74, 6) is -0.0561. The van der Waals surface area contributed by atoms with Crippen LogP contribution in [0.25, 0.3) is 6.08 Å². The molecule has 0 atom stereocenters. The Hall–Kier alpha value is -2.12. The number of carbonyl (C=O) groups is 1. The molecule has 2 aromatic rings. The largest absolute Gasteiger partial charge is 0.497 e. The van der Waals surface area contributed by atoms with E-state index >= 15 is 0 Å². The second-order valence-corrected chi connectivity index (χ2v) is 7.50. The van der Waals surface area contributed by atoms with Crippen molar-refractivity contribution < 1.29 is 17.9 Å². The number of ether oxygens (including phenoxy) is 1. The van der Waals surface area contributed by atoms with Crippen LogP contribution in [0.2, 0.25) is 0 Å². The van der Waals surface area contributed by atoms with Crippen LogP contribution in [0, 0.1) is 6.92 Å². The monoisotopic (exact) mass is 409 g/mol. The van der Waals surface area contributed by atoms with Crippen molar-refractivity contribution in [1.82, 2.24) is 4.72 Å². The Morgan fingerprint density at radius 3 is 2.62 bits per heavy atom. The van der Waals surface area contributed by atoms with E-state index in [0.29, 0.717) is 22.4 Å². The van der Waals surface area contributed by atoms with Crippen molar-refractivity contribution in [2.75, 3.05) is 7.11 Å². The van der Waals surface area contributed by atoms with Gasteiger partial charge in [-0.2, -0.15) is 0 Å². The molecule has 24 heavy (non-hydrogen) atoms. The van der Waals surface area contributed by atoms with Gasteiger partial charge in [0.1, 0.15) is 5.75 Å². The predicted octanol–water partition coefficient (Wildman–Crippen LogP) is 3.50. The number of rotatable bonds is 5. The molecule has 0 spiro atoms. The van der Waals surface area contributed by atoms with Gasteiger partial charge in [-0.15, -0.1) is 0 Å². The van der Waals surface area contributed by atoms with Gasteiger partial charge in [0.2, 0.25) is 0 Å². The van der Waals surface area contributed by atoms with Crippen LogP contribution in [0.1, 0.15) is 21.5 Å². The molecule has 126 valence electrons.